The number of esters is 1. The highest BCUT2D eigenvalue weighted by Gasteiger charge is 2.13. The third-order valence-corrected chi connectivity index (χ3v) is 3.15. The minimum atomic E-state index is -0.520. The van der Waals surface area contributed by atoms with Crippen molar-refractivity contribution in [3.63, 3.8) is 0 Å². The zero-order valence-corrected chi connectivity index (χ0v) is 12.9. The van der Waals surface area contributed by atoms with Gasteiger partial charge in [-0.2, -0.15) is 4.98 Å². The van der Waals surface area contributed by atoms with Crippen molar-refractivity contribution in [3.8, 4) is 0 Å². The molecule has 5 nitrogen and oxygen atoms in total. The van der Waals surface area contributed by atoms with Gasteiger partial charge >= 0.3 is 5.97 Å². The van der Waals surface area contributed by atoms with Gasteiger partial charge in [-0.1, -0.05) is 11.6 Å². The number of rotatable bonds is 4. The maximum atomic E-state index is 11.4. The number of hydrogen-bond donors (Lipinski definition) is 1. The summed E-state index contributed by atoms with van der Waals surface area (Å²) in [6.45, 7) is 2.01. The first-order valence-electron chi connectivity index (χ1n) is 5.45. The lowest BCUT2D eigenvalue weighted by atomic mass is 10.3. The van der Waals surface area contributed by atoms with Crippen LogP contribution >= 0.6 is 34.2 Å². The topological polar surface area (TPSA) is 64.4 Å². The fraction of sp³-hybridized carbons (Fsp3) is 0.167. The Bertz CT molecular complexity index is 600. The van der Waals surface area contributed by atoms with E-state index in [9.17, 15) is 4.79 Å². The fourth-order valence-electron chi connectivity index (χ4n) is 1.34. The Balaban J connectivity index is 2.13. The Morgan fingerprint density at radius 2 is 2.37 bits per heavy atom. The molecule has 0 spiro atoms. The van der Waals surface area contributed by atoms with Crippen molar-refractivity contribution < 1.29 is 13.9 Å². The van der Waals surface area contributed by atoms with Gasteiger partial charge in [0.2, 0.25) is 0 Å². The minimum absolute atomic E-state index is 0.117. The Labute approximate surface area is 128 Å². The van der Waals surface area contributed by atoms with E-state index in [0.29, 0.717) is 10.7 Å². The van der Waals surface area contributed by atoms with E-state index in [4.69, 9.17) is 20.8 Å². The largest absolute Gasteiger partial charge is 0.461 e. The van der Waals surface area contributed by atoms with E-state index in [2.05, 4.69) is 32.9 Å². The molecule has 2 aromatic rings. The Kier molecular flexibility index (Phi) is 4.65. The molecule has 0 bridgehead atoms. The highest BCUT2D eigenvalue weighted by Crippen LogP contribution is 2.26. The summed E-state index contributed by atoms with van der Waals surface area (Å²) in [7, 11) is 0. The van der Waals surface area contributed by atoms with Crippen LogP contribution in [0.5, 0.6) is 0 Å². The molecule has 0 unspecified atom stereocenters. The lowest BCUT2D eigenvalue weighted by Crippen LogP contribution is -2.05. The number of aromatic nitrogens is 1. The predicted octanol–water partition coefficient (Wildman–Crippen LogP) is 3.85. The van der Waals surface area contributed by atoms with E-state index in [1.807, 2.05) is 6.07 Å². The molecule has 1 N–H and O–H groups in total. The summed E-state index contributed by atoms with van der Waals surface area (Å²) in [5, 5.41) is 3.44. The van der Waals surface area contributed by atoms with Crippen LogP contribution in [0.1, 0.15) is 17.4 Å². The summed E-state index contributed by atoms with van der Waals surface area (Å²) in [5.41, 5.74) is 0.769. The molecule has 0 aliphatic rings. The SMILES string of the molecule is CCOC(=O)c1coc(Nc2ccc(I)cc2Cl)n1. The number of carbonyl (C=O) groups excluding carboxylic acids is 1. The van der Waals surface area contributed by atoms with Gasteiger partial charge in [-0.05, 0) is 47.7 Å². The van der Waals surface area contributed by atoms with Crippen LogP contribution in [-0.2, 0) is 4.74 Å². The Hall–Kier alpha value is -1.28. The second kappa shape index (κ2) is 6.25. The summed E-state index contributed by atoms with van der Waals surface area (Å²) in [6.07, 6.45) is 1.24. The molecule has 0 saturated carbocycles. The third-order valence-electron chi connectivity index (χ3n) is 2.16. The average molecular weight is 393 g/mol. The molecular weight excluding hydrogens is 382 g/mol. The molecule has 1 aromatic heterocycles. The summed E-state index contributed by atoms with van der Waals surface area (Å²) < 4.78 is 11.0. The van der Waals surface area contributed by atoms with E-state index < -0.39 is 5.97 Å². The van der Waals surface area contributed by atoms with Crippen LogP contribution in [0.25, 0.3) is 0 Å². The number of oxazole rings is 1. The number of benzene rings is 1. The van der Waals surface area contributed by atoms with Crippen molar-refractivity contribution in [2.45, 2.75) is 6.92 Å². The molecule has 1 aromatic carbocycles. The fourth-order valence-corrected chi connectivity index (χ4v) is 2.24. The van der Waals surface area contributed by atoms with Gasteiger partial charge in [-0.25, -0.2) is 4.79 Å². The molecule has 0 saturated heterocycles. The van der Waals surface area contributed by atoms with Gasteiger partial charge in [-0.15, -0.1) is 0 Å². The van der Waals surface area contributed by atoms with Gasteiger partial charge in [0, 0.05) is 3.57 Å². The summed E-state index contributed by atoms with van der Waals surface area (Å²) in [6, 6.07) is 5.69. The summed E-state index contributed by atoms with van der Waals surface area (Å²) >= 11 is 8.23. The summed E-state index contributed by atoms with van der Waals surface area (Å²) in [5.74, 6) is -0.520. The van der Waals surface area contributed by atoms with Crippen molar-refractivity contribution in [1.29, 1.82) is 0 Å². The van der Waals surface area contributed by atoms with E-state index >= 15 is 0 Å². The predicted molar refractivity (Wildman–Crippen MR) is 79.9 cm³/mol. The molecular formula is C12H10ClIN2O3. The van der Waals surface area contributed by atoms with Crippen LogP contribution in [0.4, 0.5) is 11.7 Å². The molecule has 0 radical (unpaired) electrons. The first kappa shape index (κ1) is 14.1. The number of nitrogens with one attached hydrogen (secondary N) is 1. The van der Waals surface area contributed by atoms with E-state index in [-0.39, 0.29) is 18.3 Å². The Morgan fingerprint density at radius 3 is 3.05 bits per heavy atom. The third kappa shape index (κ3) is 3.60. The second-order valence-electron chi connectivity index (χ2n) is 3.51. The molecule has 7 heteroatoms. The first-order valence-corrected chi connectivity index (χ1v) is 6.90. The van der Waals surface area contributed by atoms with Crippen molar-refractivity contribution in [2.24, 2.45) is 0 Å². The second-order valence-corrected chi connectivity index (χ2v) is 5.16. The van der Waals surface area contributed by atoms with Gasteiger partial charge in [0.25, 0.3) is 6.01 Å². The summed E-state index contributed by atoms with van der Waals surface area (Å²) in [4.78, 5) is 15.4. The van der Waals surface area contributed by atoms with Crippen LogP contribution in [0.2, 0.25) is 5.02 Å². The quantitative estimate of drug-likeness (QED) is 0.632. The highest BCUT2D eigenvalue weighted by molar-refractivity contribution is 14.1. The van der Waals surface area contributed by atoms with Crippen LogP contribution in [0.15, 0.2) is 28.9 Å². The monoisotopic (exact) mass is 392 g/mol. The molecule has 100 valence electrons. The lowest BCUT2D eigenvalue weighted by Gasteiger charge is -2.04. The normalized spacial score (nSPS) is 10.3. The number of ether oxygens (including phenoxy) is 1. The van der Waals surface area contributed by atoms with Gasteiger partial charge in [-0.3, -0.25) is 0 Å². The minimum Gasteiger partial charge on any atom is -0.461 e. The molecule has 19 heavy (non-hydrogen) atoms. The number of carbonyl (C=O) groups is 1. The van der Waals surface area contributed by atoms with Crippen LogP contribution in [0.3, 0.4) is 0 Å². The van der Waals surface area contributed by atoms with Crippen molar-refractivity contribution >= 4 is 51.9 Å². The molecule has 0 atom stereocenters. The number of nitrogens with zero attached hydrogens (tertiary/aromatic N) is 1. The number of halogens is 2. The van der Waals surface area contributed by atoms with Gasteiger partial charge in [0.05, 0.1) is 17.3 Å². The standard InChI is InChI=1S/C12H10ClIN2O3/c1-2-18-11(17)10-6-19-12(16-10)15-9-4-3-7(14)5-8(9)13/h3-6H,2H2,1H3,(H,15,16). The van der Waals surface area contributed by atoms with E-state index in [0.717, 1.165) is 3.57 Å². The van der Waals surface area contributed by atoms with E-state index in [1.54, 1.807) is 19.1 Å². The molecule has 1 heterocycles. The maximum Gasteiger partial charge on any atom is 0.360 e. The highest BCUT2D eigenvalue weighted by atomic mass is 127. The first-order chi connectivity index (χ1) is 9.10. The molecule has 2 rings (SSSR count). The zero-order valence-electron chi connectivity index (χ0n) is 9.94. The molecule has 0 aliphatic heterocycles. The lowest BCUT2D eigenvalue weighted by molar-refractivity contribution is 0.0519. The zero-order chi connectivity index (χ0) is 13.8. The van der Waals surface area contributed by atoms with E-state index in [1.165, 1.54) is 6.26 Å². The smallest absolute Gasteiger partial charge is 0.360 e. The van der Waals surface area contributed by atoms with Crippen LogP contribution < -0.4 is 5.32 Å². The van der Waals surface area contributed by atoms with Crippen molar-refractivity contribution in [3.05, 3.63) is 38.7 Å². The average Bonchev–Trinajstić information content (AvgIpc) is 2.82. The number of anilines is 2. The van der Waals surface area contributed by atoms with Crippen LogP contribution in [0, 0.1) is 3.57 Å². The van der Waals surface area contributed by atoms with Crippen LogP contribution in [-0.4, -0.2) is 17.6 Å². The molecule has 0 aliphatic carbocycles. The van der Waals surface area contributed by atoms with Gasteiger partial charge in [0.15, 0.2) is 5.69 Å². The maximum absolute atomic E-state index is 11.4. The van der Waals surface area contributed by atoms with Crippen molar-refractivity contribution in [2.75, 3.05) is 11.9 Å². The van der Waals surface area contributed by atoms with Gasteiger partial charge < -0.3 is 14.5 Å². The molecule has 0 fully saturated rings. The Morgan fingerprint density at radius 1 is 1.58 bits per heavy atom. The van der Waals surface area contributed by atoms with Crippen molar-refractivity contribution in [1.82, 2.24) is 4.98 Å². The molecule has 0 amide bonds. The van der Waals surface area contributed by atoms with Gasteiger partial charge in [0.1, 0.15) is 6.26 Å². The number of hydrogen-bond acceptors (Lipinski definition) is 5.